The predicted octanol–water partition coefficient (Wildman–Crippen LogP) is 2.64. The van der Waals surface area contributed by atoms with E-state index in [9.17, 15) is 0 Å². The number of aromatic nitrogens is 3. The molecular weight excluding hydrogens is 266 g/mol. The Hall–Kier alpha value is -2.08. The van der Waals surface area contributed by atoms with Crippen molar-refractivity contribution in [1.82, 2.24) is 15.0 Å². The molecule has 0 radical (unpaired) electrons. The smallest absolute Gasteiger partial charge is 0.323 e. The number of benzene rings is 1. The van der Waals surface area contributed by atoms with Crippen LogP contribution in [0.25, 0.3) is 0 Å². The molecule has 100 valence electrons. The van der Waals surface area contributed by atoms with Gasteiger partial charge in [0.15, 0.2) is 0 Å². The predicted molar refractivity (Wildman–Crippen MR) is 74.8 cm³/mol. The summed E-state index contributed by atoms with van der Waals surface area (Å²) < 4.78 is 5.33. The van der Waals surface area contributed by atoms with Crippen LogP contribution in [0.2, 0.25) is 5.02 Å². The molecule has 1 aromatic heterocycles. The number of halogens is 1. The van der Waals surface area contributed by atoms with Crippen molar-refractivity contribution in [3.63, 3.8) is 0 Å². The lowest BCUT2D eigenvalue weighted by atomic mass is 10.3. The molecule has 2 rings (SSSR count). The second kappa shape index (κ2) is 6.19. The van der Waals surface area contributed by atoms with Gasteiger partial charge in [-0.05, 0) is 18.6 Å². The zero-order chi connectivity index (χ0) is 13.7. The van der Waals surface area contributed by atoms with Gasteiger partial charge in [-0.15, -0.1) is 0 Å². The highest BCUT2D eigenvalue weighted by Crippen LogP contribution is 2.23. The fourth-order valence-corrected chi connectivity index (χ4v) is 1.55. The highest BCUT2D eigenvalue weighted by molar-refractivity contribution is 6.33. The van der Waals surface area contributed by atoms with Gasteiger partial charge in [0.25, 0.3) is 0 Å². The Morgan fingerprint density at radius 3 is 2.79 bits per heavy atom. The van der Waals surface area contributed by atoms with Crippen LogP contribution in [-0.2, 0) is 0 Å². The lowest BCUT2D eigenvalue weighted by molar-refractivity contribution is 0.292. The Kier molecular flexibility index (Phi) is 4.35. The van der Waals surface area contributed by atoms with Crippen molar-refractivity contribution in [3.8, 4) is 6.01 Å². The molecule has 19 heavy (non-hydrogen) atoms. The molecule has 0 aliphatic heterocycles. The highest BCUT2D eigenvalue weighted by atomic mass is 35.5. The van der Waals surface area contributed by atoms with E-state index in [1.807, 2.05) is 25.1 Å². The zero-order valence-electron chi connectivity index (χ0n) is 10.4. The third kappa shape index (κ3) is 3.69. The lowest BCUT2D eigenvalue weighted by Crippen LogP contribution is -2.07. The largest absolute Gasteiger partial charge is 0.463 e. The fourth-order valence-electron chi connectivity index (χ4n) is 1.37. The van der Waals surface area contributed by atoms with Crippen LogP contribution >= 0.6 is 11.6 Å². The maximum Gasteiger partial charge on any atom is 0.323 e. The third-order valence-electron chi connectivity index (χ3n) is 2.19. The first-order valence-corrected chi connectivity index (χ1v) is 6.22. The molecule has 0 unspecified atom stereocenters. The van der Waals surface area contributed by atoms with E-state index in [0.717, 1.165) is 6.42 Å². The summed E-state index contributed by atoms with van der Waals surface area (Å²) in [5.41, 5.74) is 6.30. The Bertz CT molecular complexity index is 564. The van der Waals surface area contributed by atoms with Gasteiger partial charge < -0.3 is 15.8 Å². The monoisotopic (exact) mass is 279 g/mol. The first-order chi connectivity index (χ1) is 9.19. The highest BCUT2D eigenvalue weighted by Gasteiger charge is 2.07. The average Bonchev–Trinajstić information content (AvgIpc) is 2.38. The number of nitrogens with one attached hydrogen (secondary N) is 1. The van der Waals surface area contributed by atoms with E-state index >= 15 is 0 Å². The molecule has 0 atom stereocenters. The van der Waals surface area contributed by atoms with Gasteiger partial charge in [-0.25, -0.2) is 0 Å². The van der Waals surface area contributed by atoms with E-state index in [-0.39, 0.29) is 12.0 Å². The second-order valence-corrected chi connectivity index (χ2v) is 4.16. The Morgan fingerprint density at radius 2 is 2.05 bits per heavy atom. The van der Waals surface area contributed by atoms with Crippen LogP contribution in [0.3, 0.4) is 0 Å². The second-order valence-electron chi connectivity index (χ2n) is 3.75. The molecule has 1 heterocycles. The molecule has 0 aliphatic rings. The minimum absolute atomic E-state index is 0.0932. The standard InChI is InChI=1S/C12H14ClN5O/c1-2-7-19-12-17-10(14)16-11(18-12)15-9-6-4-3-5-8(9)13/h3-6H,2,7H2,1H3,(H3,14,15,16,17,18). The average molecular weight is 280 g/mol. The number of anilines is 3. The van der Waals surface area contributed by atoms with Crippen LogP contribution in [0.4, 0.5) is 17.6 Å². The summed E-state index contributed by atoms with van der Waals surface area (Å²) >= 11 is 6.04. The topological polar surface area (TPSA) is 86.0 Å². The van der Waals surface area contributed by atoms with Gasteiger partial charge in [0.2, 0.25) is 11.9 Å². The summed E-state index contributed by atoms with van der Waals surface area (Å²) in [4.78, 5) is 12.0. The number of hydrogen-bond donors (Lipinski definition) is 2. The van der Waals surface area contributed by atoms with E-state index in [0.29, 0.717) is 23.3 Å². The molecule has 0 aliphatic carbocycles. The van der Waals surface area contributed by atoms with E-state index in [2.05, 4.69) is 20.3 Å². The minimum atomic E-state index is 0.0932. The summed E-state index contributed by atoms with van der Waals surface area (Å²) in [6.45, 7) is 2.52. The molecule has 2 aromatic rings. The van der Waals surface area contributed by atoms with Crippen LogP contribution in [-0.4, -0.2) is 21.6 Å². The van der Waals surface area contributed by atoms with Crippen molar-refractivity contribution in [3.05, 3.63) is 29.3 Å². The maximum absolute atomic E-state index is 6.04. The summed E-state index contributed by atoms with van der Waals surface area (Å²) in [5.74, 6) is 0.391. The van der Waals surface area contributed by atoms with Gasteiger partial charge in [0.05, 0.1) is 17.3 Å². The molecule has 0 saturated carbocycles. The van der Waals surface area contributed by atoms with Crippen molar-refractivity contribution < 1.29 is 4.74 Å². The molecule has 0 bridgehead atoms. The maximum atomic E-state index is 6.04. The number of nitrogen functional groups attached to an aromatic ring is 1. The van der Waals surface area contributed by atoms with E-state index < -0.39 is 0 Å². The molecule has 7 heteroatoms. The van der Waals surface area contributed by atoms with Gasteiger partial charge in [-0.3, -0.25) is 0 Å². The number of rotatable bonds is 5. The van der Waals surface area contributed by atoms with Gasteiger partial charge in [-0.1, -0.05) is 30.7 Å². The number of ether oxygens (including phenoxy) is 1. The van der Waals surface area contributed by atoms with E-state index in [1.165, 1.54) is 0 Å². The van der Waals surface area contributed by atoms with Crippen LogP contribution < -0.4 is 15.8 Å². The number of nitrogens with zero attached hydrogens (tertiary/aromatic N) is 3. The SMILES string of the molecule is CCCOc1nc(N)nc(Nc2ccccc2Cl)n1. The number of nitrogens with two attached hydrogens (primary N) is 1. The molecule has 0 amide bonds. The quantitative estimate of drug-likeness (QED) is 0.875. The third-order valence-corrected chi connectivity index (χ3v) is 2.52. The van der Waals surface area contributed by atoms with Crippen molar-refractivity contribution in [2.24, 2.45) is 0 Å². The molecule has 0 saturated heterocycles. The van der Waals surface area contributed by atoms with Gasteiger partial charge in [-0.2, -0.15) is 15.0 Å². The fraction of sp³-hybridized carbons (Fsp3) is 0.250. The molecule has 6 nitrogen and oxygen atoms in total. The molecule has 0 fully saturated rings. The molecular formula is C12H14ClN5O. The Balaban J connectivity index is 2.20. The molecule has 3 N–H and O–H groups in total. The van der Waals surface area contributed by atoms with Gasteiger partial charge >= 0.3 is 6.01 Å². The Morgan fingerprint density at radius 1 is 1.26 bits per heavy atom. The van der Waals surface area contributed by atoms with Crippen LogP contribution in [0.5, 0.6) is 6.01 Å². The molecule has 0 spiro atoms. The minimum Gasteiger partial charge on any atom is -0.463 e. The molecule has 1 aromatic carbocycles. The van der Waals surface area contributed by atoms with E-state index in [1.54, 1.807) is 6.07 Å². The van der Waals surface area contributed by atoms with E-state index in [4.69, 9.17) is 22.1 Å². The first kappa shape index (κ1) is 13.4. The number of para-hydroxylation sites is 1. The van der Waals surface area contributed by atoms with Crippen molar-refractivity contribution in [2.45, 2.75) is 13.3 Å². The summed E-state index contributed by atoms with van der Waals surface area (Å²) in [6, 6.07) is 7.47. The van der Waals surface area contributed by atoms with Crippen LogP contribution in [0, 0.1) is 0 Å². The van der Waals surface area contributed by atoms with Crippen molar-refractivity contribution in [2.75, 3.05) is 17.7 Å². The Labute approximate surface area is 116 Å². The van der Waals surface area contributed by atoms with Crippen molar-refractivity contribution in [1.29, 1.82) is 0 Å². The van der Waals surface area contributed by atoms with Gasteiger partial charge in [0.1, 0.15) is 0 Å². The van der Waals surface area contributed by atoms with Crippen LogP contribution in [0.15, 0.2) is 24.3 Å². The number of hydrogen-bond acceptors (Lipinski definition) is 6. The summed E-state index contributed by atoms with van der Waals surface area (Å²) in [5, 5.41) is 3.54. The summed E-state index contributed by atoms with van der Waals surface area (Å²) in [7, 11) is 0. The van der Waals surface area contributed by atoms with Crippen LogP contribution in [0.1, 0.15) is 13.3 Å². The zero-order valence-corrected chi connectivity index (χ0v) is 11.2. The van der Waals surface area contributed by atoms with Gasteiger partial charge in [0, 0.05) is 0 Å². The lowest BCUT2D eigenvalue weighted by Gasteiger charge is -2.08. The first-order valence-electron chi connectivity index (χ1n) is 5.85. The van der Waals surface area contributed by atoms with Crippen molar-refractivity contribution >= 4 is 29.2 Å². The normalized spacial score (nSPS) is 10.2. The summed E-state index contributed by atoms with van der Waals surface area (Å²) in [6.07, 6.45) is 0.860.